The number of carbonyl (C=O) groups is 2. The molecule has 4 rings (SSSR count). The number of methoxy groups -OCH3 is 1. The number of hydrogen-bond acceptors (Lipinski definition) is 5. The second kappa shape index (κ2) is 7.74. The maximum atomic E-state index is 12.6. The number of amides is 2. The van der Waals surface area contributed by atoms with Gasteiger partial charge < -0.3 is 14.8 Å². The van der Waals surface area contributed by atoms with Gasteiger partial charge in [-0.1, -0.05) is 24.3 Å². The first-order valence-corrected chi connectivity index (χ1v) is 9.52. The molecule has 7 heteroatoms. The lowest BCUT2D eigenvalue weighted by atomic mass is 10.1. The molecule has 28 heavy (non-hydrogen) atoms. The van der Waals surface area contributed by atoms with Crippen LogP contribution in [0.1, 0.15) is 20.8 Å². The molecular weight excluding hydrogens is 376 g/mol. The minimum atomic E-state index is -0.520. The van der Waals surface area contributed by atoms with Crippen molar-refractivity contribution in [2.24, 2.45) is 0 Å². The molecule has 0 unspecified atom stereocenters. The lowest BCUT2D eigenvalue weighted by molar-refractivity contribution is 0.0955. The van der Waals surface area contributed by atoms with Crippen molar-refractivity contribution in [3.05, 3.63) is 70.6 Å². The fourth-order valence-corrected chi connectivity index (χ4v) is 4.07. The summed E-state index contributed by atoms with van der Waals surface area (Å²) < 4.78 is 10.3. The molecule has 142 valence electrons. The van der Waals surface area contributed by atoms with E-state index in [1.54, 1.807) is 12.1 Å². The van der Waals surface area contributed by atoms with Crippen molar-refractivity contribution in [3.8, 4) is 16.2 Å². The number of para-hydroxylation sites is 1. The van der Waals surface area contributed by atoms with Gasteiger partial charge in [0.1, 0.15) is 12.4 Å². The summed E-state index contributed by atoms with van der Waals surface area (Å²) in [5, 5.41) is 5.53. The van der Waals surface area contributed by atoms with E-state index in [9.17, 15) is 9.59 Å². The van der Waals surface area contributed by atoms with Crippen LogP contribution in [0.5, 0.6) is 5.75 Å². The normalized spacial score (nSPS) is 11.6. The molecule has 1 aromatic heterocycles. The molecule has 0 saturated carbocycles. The maximum absolute atomic E-state index is 12.6. The summed E-state index contributed by atoms with van der Waals surface area (Å²) in [5.74, 6) is 0.734. The zero-order valence-corrected chi connectivity index (χ0v) is 16.0. The maximum Gasteiger partial charge on any atom is 0.411 e. The molecule has 2 N–H and O–H groups in total. The summed E-state index contributed by atoms with van der Waals surface area (Å²) in [6.45, 7) is 0.873. The minimum absolute atomic E-state index is 0.117. The van der Waals surface area contributed by atoms with Crippen molar-refractivity contribution in [2.45, 2.75) is 13.2 Å². The van der Waals surface area contributed by atoms with Gasteiger partial charge in [0.05, 0.1) is 12.0 Å². The standard InChI is InChI=1S/C21H18N2O4S/c1-26-21(25)23-15-8-6-13(7-9-15)11-22-20(24)18-10-14-12-27-17-5-3-2-4-16(17)19(14)28-18/h2-10H,11-12H2,1H3,(H,22,24)(H,23,25). The first-order valence-electron chi connectivity index (χ1n) is 8.71. The summed E-state index contributed by atoms with van der Waals surface area (Å²) in [4.78, 5) is 25.5. The lowest BCUT2D eigenvalue weighted by Crippen LogP contribution is -2.21. The van der Waals surface area contributed by atoms with Crippen LogP contribution in [0.2, 0.25) is 0 Å². The predicted molar refractivity (Wildman–Crippen MR) is 108 cm³/mol. The van der Waals surface area contributed by atoms with Crippen LogP contribution in [0.3, 0.4) is 0 Å². The van der Waals surface area contributed by atoms with Crippen LogP contribution < -0.4 is 15.4 Å². The molecule has 0 aliphatic carbocycles. The summed E-state index contributed by atoms with van der Waals surface area (Å²) in [6.07, 6.45) is -0.520. The largest absolute Gasteiger partial charge is 0.488 e. The molecule has 6 nitrogen and oxygen atoms in total. The van der Waals surface area contributed by atoms with Crippen molar-refractivity contribution < 1.29 is 19.1 Å². The second-order valence-corrected chi connectivity index (χ2v) is 7.30. The molecule has 0 radical (unpaired) electrons. The number of carbonyl (C=O) groups excluding carboxylic acids is 2. The van der Waals surface area contributed by atoms with Gasteiger partial charge in [0.25, 0.3) is 5.91 Å². The van der Waals surface area contributed by atoms with Crippen LogP contribution in [0, 0.1) is 0 Å². The van der Waals surface area contributed by atoms with Gasteiger partial charge in [0.15, 0.2) is 0 Å². The number of anilines is 1. The molecule has 2 amide bonds. The van der Waals surface area contributed by atoms with Gasteiger partial charge in [0, 0.05) is 28.2 Å². The first-order chi connectivity index (χ1) is 13.6. The summed E-state index contributed by atoms with van der Waals surface area (Å²) in [7, 11) is 1.31. The van der Waals surface area contributed by atoms with E-state index in [2.05, 4.69) is 15.4 Å². The Hall–Kier alpha value is -3.32. The molecule has 1 aliphatic rings. The van der Waals surface area contributed by atoms with Crippen LogP contribution in [-0.4, -0.2) is 19.1 Å². The highest BCUT2D eigenvalue weighted by Crippen LogP contribution is 2.42. The molecule has 2 heterocycles. The Kier molecular flexibility index (Phi) is 4.99. The Morgan fingerprint density at radius 2 is 1.93 bits per heavy atom. The highest BCUT2D eigenvalue weighted by molar-refractivity contribution is 7.17. The molecule has 1 aliphatic heterocycles. The van der Waals surface area contributed by atoms with E-state index in [0.29, 0.717) is 23.7 Å². The topological polar surface area (TPSA) is 76.7 Å². The Labute approximate surface area is 166 Å². The van der Waals surface area contributed by atoms with E-state index in [1.165, 1.54) is 18.4 Å². The third kappa shape index (κ3) is 3.70. The minimum Gasteiger partial charge on any atom is -0.488 e. The van der Waals surface area contributed by atoms with Gasteiger partial charge in [-0.25, -0.2) is 4.79 Å². The fraction of sp³-hybridized carbons (Fsp3) is 0.143. The first kappa shape index (κ1) is 18.1. The van der Waals surface area contributed by atoms with Crippen LogP contribution in [0.25, 0.3) is 10.4 Å². The molecular formula is C21H18N2O4S. The quantitative estimate of drug-likeness (QED) is 0.687. The van der Waals surface area contributed by atoms with Crippen LogP contribution in [0.15, 0.2) is 54.6 Å². The molecule has 0 saturated heterocycles. The Morgan fingerprint density at radius 3 is 2.71 bits per heavy atom. The Morgan fingerprint density at radius 1 is 1.14 bits per heavy atom. The molecule has 0 fully saturated rings. The second-order valence-electron chi connectivity index (χ2n) is 6.25. The predicted octanol–water partition coefficient (Wildman–Crippen LogP) is 4.42. The van der Waals surface area contributed by atoms with Crippen LogP contribution >= 0.6 is 11.3 Å². The average Bonchev–Trinajstić information content (AvgIpc) is 3.18. The molecule has 3 aromatic rings. The SMILES string of the molecule is COC(=O)Nc1ccc(CNC(=O)c2cc3c(s2)-c2ccccc2OC3)cc1. The van der Waals surface area contributed by atoms with E-state index in [1.807, 2.05) is 42.5 Å². The number of hydrogen-bond donors (Lipinski definition) is 2. The number of benzene rings is 2. The third-order valence-electron chi connectivity index (χ3n) is 4.39. The third-order valence-corrected chi connectivity index (χ3v) is 5.60. The fourth-order valence-electron chi connectivity index (χ4n) is 2.96. The Balaban J connectivity index is 1.41. The number of thiophene rings is 1. The van der Waals surface area contributed by atoms with Crippen LogP contribution in [-0.2, 0) is 17.9 Å². The van der Waals surface area contributed by atoms with Gasteiger partial charge in [-0.05, 0) is 35.9 Å². The van der Waals surface area contributed by atoms with Gasteiger partial charge in [-0.2, -0.15) is 0 Å². The number of fused-ring (bicyclic) bond motifs is 3. The average molecular weight is 394 g/mol. The van der Waals surface area contributed by atoms with Crippen molar-refractivity contribution in [1.82, 2.24) is 5.32 Å². The monoisotopic (exact) mass is 394 g/mol. The highest BCUT2D eigenvalue weighted by atomic mass is 32.1. The highest BCUT2D eigenvalue weighted by Gasteiger charge is 2.22. The number of rotatable bonds is 4. The summed E-state index contributed by atoms with van der Waals surface area (Å²) >= 11 is 1.48. The molecule has 0 bridgehead atoms. The van der Waals surface area contributed by atoms with Gasteiger partial charge in [0.2, 0.25) is 0 Å². The van der Waals surface area contributed by atoms with Crippen molar-refractivity contribution in [2.75, 3.05) is 12.4 Å². The van der Waals surface area contributed by atoms with E-state index in [0.717, 1.165) is 27.3 Å². The Bertz CT molecular complexity index is 1030. The van der Waals surface area contributed by atoms with E-state index in [4.69, 9.17) is 4.74 Å². The lowest BCUT2D eigenvalue weighted by Gasteiger charge is -2.16. The zero-order valence-electron chi connectivity index (χ0n) is 15.2. The van der Waals surface area contributed by atoms with Gasteiger partial charge in [-0.15, -0.1) is 11.3 Å². The zero-order chi connectivity index (χ0) is 19.5. The van der Waals surface area contributed by atoms with Gasteiger partial charge >= 0.3 is 6.09 Å². The van der Waals surface area contributed by atoms with Crippen molar-refractivity contribution in [1.29, 1.82) is 0 Å². The van der Waals surface area contributed by atoms with Crippen molar-refractivity contribution in [3.63, 3.8) is 0 Å². The molecule has 0 spiro atoms. The smallest absolute Gasteiger partial charge is 0.411 e. The van der Waals surface area contributed by atoms with Gasteiger partial charge in [-0.3, -0.25) is 10.1 Å². The number of ether oxygens (including phenoxy) is 2. The van der Waals surface area contributed by atoms with E-state index < -0.39 is 6.09 Å². The molecule has 2 aromatic carbocycles. The summed E-state index contributed by atoms with van der Waals surface area (Å²) in [6, 6.07) is 17.0. The van der Waals surface area contributed by atoms with E-state index >= 15 is 0 Å². The van der Waals surface area contributed by atoms with Crippen LogP contribution in [0.4, 0.5) is 10.5 Å². The van der Waals surface area contributed by atoms with Crippen molar-refractivity contribution >= 4 is 29.0 Å². The number of nitrogens with one attached hydrogen (secondary N) is 2. The molecule has 0 atom stereocenters. The van der Waals surface area contributed by atoms with E-state index in [-0.39, 0.29) is 5.91 Å². The summed E-state index contributed by atoms with van der Waals surface area (Å²) in [5.41, 5.74) is 3.62.